The van der Waals surface area contributed by atoms with Crippen LogP contribution in [-0.2, 0) is 4.79 Å². The smallest absolute Gasteiger partial charge is 0.272 e. The molecule has 34 heavy (non-hydrogen) atoms. The lowest BCUT2D eigenvalue weighted by molar-refractivity contribution is -0.108. The van der Waals surface area contributed by atoms with Crippen LogP contribution in [0.4, 0.5) is 10.1 Å². The van der Waals surface area contributed by atoms with E-state index in [1.165, 1.54) is 17.0 Å². The maximum atomic E-state index is 13.9. The largest absolute Gasteiger partial charge is 0.459 e. The fourth-order valence-corrected chi connectivity index (χ4v) is 4.19. The first kappa shape index (κ1) is 25.4. The number of halogens is 1. The van der Waals surface area contributed by atoms with Gasteiger partial charge in [0, 0.05) is 31.0 Å². The van der Waals surface area contributed by atoms with Gasteiger partial charge in [0.2, 0.25) is 0 Å². The molecule has 2 atom stereocenters. The standard InChI is InChI=1S/C27H34FN3O3/c1-5-6-7-9-18(2)25(26-19(3)22-16-20(28)10-13-24(22)34-26)30-21-11-12-23(29-17-21)27(33)31(4)14-8-15-32/h10-13,15-18,25,30H,5-9,14H2,1-4H3. The molecule has 0 radical (unpaired) electrons. The number of unbranched alkanes of at least 4 members (excludes halogenated alkanes) is 2. The van der Waals surface area contributed by atoms with Crippen molar-refractivity contribution in [3.05, 3.63) is 59.4 Å². The SMILES string of the molecule is CCCCCC(C)C(Nc1ccc(C(=O)N(C)CCC=O)nc1)c1oc2ccc(F)cc2c1C. The topological polar surface area (TPSA) is 75.4 Å². The molecule has 0 fully saturated rings. The van der Waals surface area contributed by atoms with Crippen molar-refractivity contribution in [2.24, 2.45) is 5.92 Å². The summed E-state index contributed by atoms with van der Waals surface area (Å²) in [6.45, 7) is 6.69. The van der Waals surface area contributed by atoms with Crippen LogP contribution in [-0.4, -0.2) is 35.7 Å². The monoisotopic (exact) mass is 467 g/mol. The Kier molecular flexibility index (Phi) is 8.79. The van der Waals surface area contributed by atoms with Gasteiger partial charge in [-0.25, -0.2) is 9.37 Å². The summed E-state index contributed by atoms with van der Waals surface area (Å²) in [6.07, 6.45) is 7.17. The van der Waals surface area contributed by atoms with Gasteiger partial charge in [-0.05, 0) is 49.6 Å². The van der Waals surface area contributed by atoms with Crippen molar-refractivity contribution in [1.82, 2.24) is 9.88 Å². The number of anilines is 1. The summed E-state index contributed by atoms with van der Waals surface area (Å²) in [5, 5.41) is 4.32. The highest BCUT2D eigenvalue weighted by atomic mass is 19.1. The van der Waals surface area contributed by atoms with Gasteiger partial charge in [0.25, 0.3) is 5.91 Å². The highest BCUT2D eigenvalue weighted by Crippen LogP contribution is 2.37. The number of nitrogens with one attached hydrogen (secondary N) is 1. The van der Waals surface area contributed by atoms with E-state index in [9.17, 15) is 14.0 Å². The van der Waals surface area contributed by atoms with Crippen LogP contribution in [0.5, 0.6) is 0 Å². The Bertz CT molecular complexity index is 1110. The number of hydrogen-bond acceptors (Lipinski definition) is 5. The number of fused-ring (bicyclic) bond motifs is 1. The van der Waals surface area contributed by atoms with Gasteiger partial charge in [0.05, 0.1) is 17.9 Å². The second-order valence-corrected chi connectivity index (χ2v) is 8.94. The Morgan fingerprint density at radius 2 is 2.06 bits per heavy atom. The van der Waals surface area contributed by atoms with Gasteiger partial charge in [0.1, 0.15) is 29.1 Å². The zero-order chi connectivity index (χ0) is 24.7. The van der Waals surface area contributed by atoms with Gasteiger partial charge in [-0.3, -0.25) is 4.79 Å². The number of pyridine rings is 1. The predicted octanol–water partition coefficient (Wildman–Crippen LogP) is 6.31. The molecular weight excluding hydrogens is 433 g/mol. The first-order valence-electron chi connectivity index (χ1n) is 12.0. The van der Waals surface area contributed by atoms with Gasteiger partial charge < -0.3 is 19.4 Å². The Morgan fingerprint density at radius 3 is 2.74 bits per heavy atom. The Hall–Kier alpha value is -3.22. The van der Waals surface area contributed by atoms with Crippen LogP contribution >= 0.6 is 0 Å². The van der Waals surface area contributed by atoms with Crippen molar-refractivity contribution >= 4 is 28.8 Å². The average molecular weight is 468 g/mol. The van der Waals surface area contributed by atoms with Crippen LogP contribution in [0.15, 0.2) is 40.9 Å². The number of carbonyl (C=O) groups is 2. The summed E-state index contributed by atoms with van der Waals surface area (Å²) >= 11 is 0. The van der Waals surface area contributed by atoms with E-state index in [1.807, 2.05) is 13.0 Å². The molecule has 0 saturated heterocycles. The first-order chi connectivity index (χ1) is 16.3. The average Bonchev–Trinajstić information content (AvgIpc) is 3.16. The van der Waals surface area contributed by atoms with Gasteiger partial charge in [-0.15, -0.1) is 0 Å². The maximum Gasteiger partial charge on any atom is 0.272 e. The van der Waals surface area contributed by atoms with Crippen LogP contribution < -0.4 is 5.32 Å². The number of amides is 1. The Morgan fingerprint density at radius 1 is 1.26 bits per heavy atom. The zero-order valence-corrected chi connectivity index (χ0v) is 20.4. The molecular formula is C27H34FN3O3. The third-order valence-corrected chi connectivity index (χ3v) is 6.28. The highest BCUT2D eigenvalue weighted by Gasteiger charge is 2.26. The Balaban J connectivity index is 1.85. The van der Waals surface area contributed by atoms with Crippen molar-refractivity contribution < 1.29 is 18.4 Å². The lowest BCUT2D eigenvalue weighted by atomic mass is 9.91. The number of aldehydes is 1. The number of benzene rings is 1. The van der Waals surface area contributed by atoms with Crippen LogP contribution in [0.2, 0.25) is 0 Å². The number of aryl methyl sites for hydroxylation is 1. The maximum absolute atomic E-state index is 13.9. The Labute approximate surface area is 200 Å². The van der Waals surface area contributed by atoms with Crippen LogP contribution in [0.3, 0.4) is 0 Å². The van der Waals surface area contributed by atoms with Gasteiger partial charge in [-0.2, -0.15) is 0 Å². The first-order valence-corrected chi connectivity index (χ1v) is 12.0. The van der Waals surface area contributed by atoms with Gasteiger partial charge in [-0.1, -0.05) is 33.1 Å². The number of hydrogen-bond donors (Lipinski definition) is 1. The number of nitrogens with zero attached hydrogens (tertiary/aromatic N) is 2. The van der Waals surface area contributed by atoms with Crippen LogP contribution in [0.25, 0.3) is 11.0 Å². The molecule has 2 unspecified atom stereocenters. The molecule has 7 heteroatoms. The summed E-state index contributed by atoms with van der Waals surface area (Å²) in [6, 6.07) is 7.97. The second-order valence-electron chi connectivity index (χ2n) is 8.94. The molecule has 6 nitrogen and oxygen atoms in total. The number of rotatable bonds is 12. The minimum atomic E-state index is -0.286. The molecule has 3 rings (SSSR count). The summed E-state index contributed by atoms with van der Waals surface area (Å²) in [5.74, 6) is 0.531. The summed E-state index contributed by atoms with van der Waals surface area (Å²) in [5.41, 5.74) is 2.68. The molecule has 0 aliphatic heterocycles. The normalized spacial score (nSPS) is 13.0. The summed E-state index contributed by atoms with van der Waals surface area (Å²) < 4.78 is 20.1. The minimum Gasteiger partial charge on any atom is -0.459 e. The van der Waals surface area contributed by atoms with E-state index in [0.717, 1.165) is 54.4 Å². The van der Waals surface area contributed by atoms with E-state index >= 15 is 0 Å². The lowest BCUT2D eigenvalue weighted by Crippen LogP contribution is -2.28. The van der Waals surface area contributed by atoms with Gasteiger partial charge >= 0.3 is 0 Å². The van der Waals surface area contributed by atoms with E-state index in [-0.39, 0.29) is 23.7 Å². The van der Waals surface area contributed by atoms with Gasteiger partial charge in [0.15, 0.2) is 0 Å². The molecule has 3 aromatic rings. The fraction of sp³-hybridized carbons (Fsp3) is 0.444. The van der Waals surface area contributed by atoms with E-state index < -0.39 is 0 Å². The van der Waals surface area contributed by atoms with Crippen molar-refractivity contribution in [3.63, 3.8) is 0 Å². The molecule has 0 aliphatic carbocycles. The fourth-order valence-electron chi connectivity index (χ4n) is 4.19. The number of carbonyl (C=O) groups excluding carboxylic acids is 2. The molecule has 182 valence electrons. The number of aromatic nitrogens is 1. The number of furan rings is 1. The molecule has 1 aromatic carbocycles. The quantitative estimate of drug-likeness (QED) is 0.250. The molecule has 2 aromatic heterocycles. The molecule has 0 aliphatic rings. The third kappa shape index (κ3) is 6.01. The van der Waals surface area contributed by atoms with Crippen LogP contribution in [0, 0.1) is 18.7 Å². The molecule has 1 N–H and O–H groups in total. The minimum absolute atomic E-state index is 0.133. The van der Waals surface area contributed by atoms with E-state index in [4.69, 9.17) is 4.42 Å². The van der Waals surface area contributed by atoms with E-state index in [0.29, 0.717) is 24.2 Å². The van der Waals surface area contributed by atoms with Crippen molar-refractivity contribution in [3.8, 4) is 0 Å². The molecule has 1 amide bonds. The lowest BCUT2D eigenvalue weighted by Gasteiger charge is -2.25. The van der Waals surface area contributed by atoms with Crippen molar-refractivity contribution in [2.45, 2.75) is 58.9 Å². The van der Waals surface area contributed by atoms with Crippen molar-refractivity contribution in [2.75, 3.05) is 18.9 Å². The molecule has 0 spiro atoms. The summed E-state index contributed by atoms with van der Waals surface area (Å²) in [7, 11) is 1.65. The van der Waals surface area contributed by atoms with Crippen LogP contribution in [0.1, 0.15) is 73.8 Å². The molecule has 2 heterocycles. The van der Waals surface area contributed by atoms with Crippen molar-refractivity contribution in [1.29, 1.82) is 0 Å². The molecule has 0 saturated carbocycles. The summed E-state index contributed by atoms with van der Waals surface area (Å²) in [4.78, 5) is 28.9. The van der Waals surface area contributed by atoms with E-state index in [1.54, 1.807) is 25.4 Å². The third-order valence-electron chi connectivity index (χ3n) is 6.28. The second kappa shape index (κ2) is 11.8. The zero-order valence-electron chi connectivity index (χ0n) is 20.4. The highest BCUT2D eigenvalue weighted by molar-refractivity contribution is 5.92. The molecule has 0 bridgehead atoms. The predicted molar refractivity (Wildman–Crippen MR) is 132 cm³/mol. The van der Waals surface area contributed by atoms with E-state index in [2.05, 4.69) is 24.1 Å².